The smallest absolute Gasteiger partial charge is 0.253 e. The molecule has 2 aromatic rings. The van der Waals surface area contributed by atoms with Crippen molar-refractivity contribution in [2.24, 2.45) is 5.92 Å². The summed E-state index contributed by atoms with van der Waals surface area (Å²) in [4.78, 5) is 27.2. The molecule has 2 aromatic carbocycles. The number of nitrogens with one attached hydrogen (secondary N) is 1. The lowest BCUT2D eigenvalue weighted by Gasteiger charge is -2.31. The van der Waals surface area contributed by atoms with Gasteiger partial charge in [-0.2, -0.15) is 0 Å². The Labute approximate surface area is 188 Å². The van der Waals surface area contributed by atoms with E-state index in [0.29, 0.717) is 66.9 Å². The highest BCUT2D eigenvalue weighted by molar-refractivity contribution is 9.10. The minimum absolute atomic E-state index is 0.00713. The maximum atomic E-state index is 12.8. The van der Waals surface area contributed by atoms with Crippen molar-refractivity contribution >= 4 is 45.0 Å². The number of piperidine rings is 1. The first kappa shape index (κ1) is 21.0. The second-order valence-corrected chi connectivity index (χ2v) is 8.71. The Morgan fingerprint density at radius 3 is 2.33 bits per heavy atom. The number of carbonyl (C=O) groups is 2. The number of benzene rings is 2. The predicted octanol–water partition coefficient (Wildman–Crippen LogP) is 4.75. The van der Waals surface area contributed by atoms with Crippen LogP contribution in [0.4, 0.5) is 5.69 Å². The highest BCUT2D eigenvalue weighted by atomic mass is 79.9. The van der Waals surface area contributed by atoms with Crippen LogP contribution in [0.3, 0.4) is 0 Å². The molecule has 8 heteroatoms. The lowest BCUT2D eigenvalue weighted by Crippen LogP contribution is -2.41. The third-order valence-electron chi connectivity index (χ3n) is 5.34. The average Bonchev–Trinajstić information content (AvgIpc) is 2.99. The molecule has 1 saturated heterocycles. The molecule has 1 fully saturated rings. The Hall–Kier alpha value is -2.25. The van der Waals surface area contributed by atoms with Crippen LogP contribution in [-0.4, -0.2) is 43.0 Å². The molecule has 158 valence electrons. The normalized spacial score (nSPS) is 16.7. The quantitative estimate of drug-likeness (QED) is 0.670. The van der Waals surface area contributed by atoms with E-state index in [0.717, 1.165) is 10.9 Å². The number of hydrogen-bond acceptors (Lipinski definition) is 4. The van der Waals surface area contributed by atoms with Crippen molar-refractivity contribution in [3.8, 4) is 11.5 Å². The number of likely N-dealkylation sites (tertiary alicyclic amines) is 1. The van der Waals surface area contributed by atoms with Crippen molar-refractivity contribution in [1.82, 2.24) is 4.90 Å². The van der Waals surface area contributed by atoms with Gasteiger partial charge in [0.1, 0.15) is 0 Å². The summed E-state index contributed by atoms with van der Waals surface area (Å²) < 4.78 is 12.2. The van der Waals surface area contributed by atoms with E-state index in [2.05, 4.69) is 21.2 Å². The Morgan fingerprint density at radius 1 is 1.03 bits per heavy atom. The summed E-state index contributed by atoms with van der Waals surface area (Å²) in [5.74, 6) is 0.901. The van der Waals surface area contributed by atoms with E-state index in [1.165, 1.54) is 0 Å². The first-order chi connectivity index (χ1) is 14.5. The summed E-state index contributed by atoms with van der Waals surface area (Å²) in [7, 11) is 0. The molecule has 0 unspecified atom stereocenters. The maximum absolute atomic E-state index is 12.8. The van der Waals surface area contributed by atoms with Gasteiger partial charge in [-0.1, -0.05) is 27.5 Å². The van der Waals surface area contributed by atoms with Gasteiger partial charge in [-0.05, 0) is 37.1 Å². The monoisotopic (exact) mass is 492 g/mol. The lowest BCUT2D eigenvalue weighted by atomic mass is 9.95. The van der Waals surface area contributed by atoms with Crippen LogP contribution in [0, 0.1) is 5.92 Å². The van der Waals surface area contributed by atoms with Gasteiger partial charge in [-0.25, -0.2) is 0 Å². The fourth-order valence-electron chi connectivity index (χ4n) is 3.63. The van der Waals surface area contributed by atoms with Gasteiger partial charge in [0.05, 0.1) is 23.9 Å². The van der Waals surface area contributed by atoms with E-state index >= 15 is 0 Å². The number of nitrogens with zero attached hydrogens (tertiary/aromatic N) is 1. The summed E-state index contributed by atoms with van der Waals surface area (Å²) in [5.41, 5.74) is 1.17. The maximum Gasteiger partial charge on any atom is 0.253 e. The third kappa shape index (κ3) is 4.73. The van der Waals surface area contributed by atoms with E-state index < -0.39 is 0 Å². The number of rotatable bonds is 3. The predicted molar refractivity (Wildman–Crippen MR) is 118 cm³/mol. The molecule has 0 radical (unpaired) electrons. The minimum atomic E-state index is -0.175. The molecule has 2 aliphatic rings. The van der Waals surface area contributed by atoms with Gasteiger partial charge in [0, 0.05) is 47.6 Å². The zero-order chi connectivity index (χ0) is 21.1. The van der Waals surface area contributed by atoms with E-state index in [-0.39, 0.29) is 17.7 Å². The molecule has 0 aliphatic carbocycles. The third-order valence-corrected chi connectivity index (χ3v) is 6.18. The molecule has 4 rings (SSSR count). The van der Waals surface area contributed by atoms with E-state index in [4.69, 9.17) is 21.1 Å². The number of fused-ring (bicyclic) bond motifs is 1. The SMILES string of the molecule is O=C(Nc1cc2c(cc1Cl)OCCCO2)C1CCN(C(=O)c2ccc(Br)cc2)CC1. The number of amides is 2. The van der Waals surface area contributed by atoms with Crippen LogP contribution in [0.15, 0.2) is 40.9 Å². The summed E-state index contributed by atoms with van der Waals surface area (Å²) in [6.45, 7) is 2.23. The Balaban J connectivity index is 1.36. The van der Waals surface area contributed by atoms with E-state index in [9.17, 15) is 9.59 Å². The molecule has 6 nitrogen and oxygen atoms in total. The number of hydrogen-bond donors (Lipinski definition) is 1. The molecule has 0 bridgehead atoms. The second kappa shape index (κ2) is 9.27. The zero-order valence-electron chi connectivity index (χ0n) is 16.3. The van der Waals surface area contributed by atoms with Gasteiger partial charge in [0.25, 0.3) is 5.91 Å². The Bertz CT molecular complexity index is 943. The Kier molecular flexibility index (Phi) is 6.49. The first-order valence-electron chi connectivity index (χ1n) is 9.96. The van der Waals surface area contributed by atoms with Gasteiger partial charge in [0.15, 0.2) is 11.5 Å². The van der Waals surface area contributed by atoms with Crippen molar-refractivity contribution in [1.29, 1.82) is 0 Å². The second-order valence-electron chi connectivity index (χ2n) is 7.39. The van der Waals surface area contributed by atoms with Crippen LogP contribution in [0.1, 0.15) is 29.6 Å². The number of carbonyl (C=O) groups excluding carboxylic acids is 2. The molecule has 0 spiro atoms. The largest absolute Gasteiger partial charge is 0.490 e. The summed E-state index contributed by atoms with van der Waals surface area (Å²) >= 11 is 9.71. The van der Waals surface area contributed by atoms with Crippen molar-refractivity contribution in [2.75, 3.05) is 31.6 Å². The average molecular weight is 494 g/mol. The number of anilines is 1. The summed E-state index contributed by atoms with van der Waals surface area (Å²) in [5, 5.41) is 3.33. The van der Waals surface area contributed by atoms with Crippen LogP contribution in [0.5, 0.6) is 11.5 Å². The van der Waals surface area contributed by atoms with Crippen molar-refractivity contribution in [2.45, 2.75) is 19.3 Å². The van der Waals surface area contributed by atoms with Crippen LogP contribution in [0.25, 0.3) is 0 Å². The van der Waals surface area contributed by atoms with Gasteiger partial charge in [0.2, 0.25) is 5.91 Å². The van der Waals surface area contributed by atoms with Crippen LogP contribution >= 0.6 is 27.5 Å². The van der Waals surface area contributed by atoms with Crippen LogP contribution in [-0.2, 0) is 4.79 Å². The molecule has 0 saturated carbocycles. The molecule has 1 N–H and O–H groups in total. The first-order valence-corrected chi connectivity index (χ1v) is 11.1. The van der Waals surface area contributed by atoms with Gasteiger partial charge in [-0.15, -0.1) is 0 Å². The lowest BCUT2D eigenvalue weighted by molar-refractivity contribution is -0.121. The number of ether oxygens (including phenoxy) is 2. The highest BCUT2D eigenvalue weighted by Gasteiger charge is 2.28. The topological polar surface area (TPSA) is 67.9 Å². The molecular formula is C22H22BrClN2O4. The van der Waals surface area contributed by atoms with Gasteiger partial charge >= 0.3 is 0 Å². The highest BCUT2D eigenvalue weighted by Crippen LogP contribution is 2.38. The van der Waals surface area contributed by atoms with Crippen molar-refractivity contribution in [3.63, 3.8) is 0 Å². The fraction of sp³-hybridized carbons (Fsp3) is 0.364. The van der Waals surface area contributed by atoms with Crippen LogP contribution < -0.4 is 14.8 Å². The summed E-state index contributed by atoms with van der Waals surface area (Å²) in [6.07, 6.45) is 2.01. The molecule has 0 atom stereocenters. The molecule has 30 heavy (non-hydrogen) atoms. The molecule has 2 amide bonds. The van der Waals surface area contributed by atoms with E-state index in [1.54, 1.807) is 29.2 Å². The summed E-state index contributed by atoms with van der Waals surface area (Å²) in [6, 6.07) is 10.7. The molecule has 0 aromatic heterocycles. The molecular weight excluding hydrogens is 472 g/mol. The standard InChI is InChI=1S/C22H22BrClN2O4/c23-16-4-2-15(3-5-16)22(28)26-8-6-14(7-9-26)21(27)25-18-13-20-19(12-17(18)24)29-10-1-11-30-20/h2-5,12-14H,1,6-11H2,(H,25,27). The Morgan fingerprint density at radius 2 is 1.67 bits per heavy atom. The number of halogens is 2. The van der Waals surface area contributed by atoms with Crippen molar-refractivity contribution in [3.05, 3.63) is 51.5 Å². The van der Waals surface area contributed by atoms with Gasteiger partial charge < -0.3 is 19.7 Å². The molecule has 2 heterocycles. The van der Waals surface area contributed by atoms with E-state index in [1.807, 2.05) is 12.1 Å². The van der Waals surface area contributed by atoms with Crippen molar-refractivity contribution < 1.29 is 19.1 Å². The minimum Gasteiger partial charge on any atom is -0.490 e. The van der Waals surface area contributed by atoms with Gasteiger partial charge in [-0.3, -0.25) is 9.59 Å². The molecule has 2 aliphatic heterocycles. The zero-order valence-corrected chi connectivity index (χ0v) is 18.7. The fourth-order valence-corrected chi connectivity index (χ4v) is 4.10. The van der Waals surface area contributed by atoms with Crippen LogP contribution in [0.2, 0.25) is 5.02 Å².